The third-order valence-corrected chi connectivity index (χ3v) is 5.33. The predicted octanol–water partition coefficient (Wildman–Crippen LogP) is 4.00. The second-order valence-electron chi connectivity index (χ2n) is 7.19. The van der Waals surface area contributed by atoms with Crippen molar-refractivity contribution in [3.8, 4) is 0 Å². The molecule has 0 saturated carbocycles. The third kappa shape index (κ3) is 5.78. The lowest BCUT2D eigenvalue weighted by atomic mass is 9.90. The van der Waals surface area contributed by atoms with Crippen molar-refractivity contribution in [3.63, 3.8) is 0 Å². The van der Waals surface area contributed by atoms with Crippen LogP contribution in [-0.2, 0) is 4.74 Å². The van der Waals surface area contributed by atoms with Crippen LogP contribution in [0.4, 0.5) is 0 Å². The predicted molar refractivity (Wildman–Crippen MR) is 115 cm³/mol. The summed E-state index contributed by atoms with van der Waals surface area (Å²) < 4.78 is 4.71. The summed E-state index contributed by atoms with van der Waals surface area (Å²) in [5, 5.41) is 6.65. The van der Waals surface area contributed by atoms with Crippen LogP contribution in [-0.4, -0.2) is 39.3 Å². The number of methoxy groups -OCH3 is 1. The first-order chi connectivity index (χ1) is 13.8. The molecule has 4 nitrogen and oxygen atoms in total. The van der Waals surface area contributed by atoms with E-state index in [0.29, 0.717) is 5.56 Å². The largest absolute Gasteiger partial charge is 0.465 e. The van der Waals surface area contributed by atoms with Crippen molar-refractivity contribution in [2.24, 2.45) is 0 Å². The summed E-state index contributed by atoms with van der Waals surface area (Å²) in [4.78, 5) is 11.4. The molecule has 0 unspecified atom stereocenters. The van der Waals surface area contributed by atoms with Crippen LogP contribution < -0.4 is 10.6 Å². The van der Waals surface area contributed by atoms with Gasteiger partial charge in [0, 0.05) is 6.54 Å². The van der Waals surface area contributed by atoms with Crippen LogP contribution in [0.3, 0.4) is 0 Å². The van der Waals surface area contributed by atoms with Gasteiger partial charge in [-0.2, -0.15) is 0 Å². The van der Waals surface area contributed by atoms with Gasteiger partial charge >= 0.3 is 5.97 Å². The van der Waals surface area contributed by atoms with Crippen LogP contribution in [0, 0.1) is 0 Å². The standard InChI is InChI=1S/C13H15NO2.C11H15N/c1-16-13(15)12-4-2-3-11(9-12)10-5-7-14-8-6-10;1-2-4-10(5-3-1)11-6-8-12-9-7-11/h2-5,9,14H,6-8H2,1H3;1-5,11-12H,6-9H2. The molecule has 0 bridgehead atoms. The molecule has 2 N–H and O–H groups in total. The number of hydrogen-bond donors (Lipinski definition) is 2. The minimum Gasteiger partial charge on any atom is -0.465 e. The number of carbonyl (C=O) groups excluding carboxylic acids is 1. The van der Waals surface area contributed by atoms with E-state index in [0.717, 1.165) is 31.0 Å². The summed E-state index contributed by atoms with van der Waals surface area (Å²) in [6.07, 6.45) is 5.76. The second-order valence-corrected chi connectivity index (χ2v) is 7.19. The number of benzene rings is 2. The molecule has 0 aromatic heterocycles. The van der Waals surface area contributed by atoms with Gasteiger partial charge in [0.1, 0.15) is 0 Å². The molecule has 4 heteroatoms. The van der Waals surface area contributed by atoms with Crippen LogP contribution in [0.5, 0.6) is 0 Å². The van der Waals surface area contributed by atoms with Crippen LogP contribution >= 0.6 is 0 Å². The molecule has 0 spiro atoms. The van der Waals surface area contributed by atoms with E-state index >= 15 is 0 Å². The molecule has 4 rings (SSSR count). The molecule has 2 aromatic rings. The second kappa shape index (κ2) is 10.8. The van der Waals surface area contributed by atoms with Crippen molar-refractivity contribution >= 4 is 11.5 Å². The van der Waals surface area contributed by atoms with Gasteiger partial charge in [0.15, 0.2) is 0 Å². The van der Waals surface area contributed by atoms with Crippen molar-refractivity contribution < 1.29 is 9.53 Å². The van der Waals surface area contributed by atoms with Crippen molar-refractivity contribution in [3.05, 3.63) is 77.4 Å². The van der Waals surface area contributed by atoms with Crippen LogP contribution in [0.25, 0.3) is 5.57 Å². The summed E-state index contributed by atoms with van der Waals surface area (Å²) >= 11 is 0. The van der Waals surface area contributed by atoms with E-state index in [9.17, 15) is 4.79 Å². The first-order valence-corrected chi connectivity index (χ1v) is 10.1. The first-order valence-electron chi connectivity index (χ1n) is 10.1. The number of nitrogens with one attached hydrogen (secondary N) is 2. The molecular weight excluding hydrogens is 348 g/mol. The van der Waals surface area contributed by atoms with Gasteiger partial charge in [0.05, 0.1) is 12.7 Å². The summed E-state index contributed by atoms with van der Waals surface area (Å²) in [6, 6.07) is 18.4. The minimum atomic E-state index is -0.281. The molecule has 0 amide bonds. The summed E-state index contributed by atoms with van der Waals surface area (Å²) in [6.45, 7) is 4.26. The maximum atomic E-state index is 11.4. The van der Waals surface area contributed by atoms with Crippen molar-refractivity contribution in [1.29, 1.82) is 0 Å². The van der Waals surface area contributed by atoms with Gasteiger partial charge < -0.3 is 15.4 Å². The molecule has 2 aromatic carbocycles. The minimum absolute atomic E-state index is 0.281. The van der Waals surface area contributed by atoms with Gasteiger partial charge in [-0.15, -0.1) is 0 Å². The Hall–Kier alpha value is -2.43. The SMILES string of the molecule is COC(=O)c1cccc(C2=CCNCC2)c1.c1ccc(C2CCNCC2)cc1. The zero-order valence-electron chi connectivity index (χ0n) is 16.6. The molecule has 2 aliphatic heterocycles. The highest BCUT2D eigenvalue weighted by Gasteiger charge is 2.13. The lowest BCUT2D eigenvalue weighted by molar-refractivity contribution is 0.0600. The lowest BCUT2D eigenvalue weighted by Gasteiger charge is -2.22. The Morgan fingerprint density at radius 1 is 0.964 bits per heavy atom. The van der Waals surface area contributed by atoms with E-state index in [4.69, 9.17) is 4.74 Å². The molecule has 0 radical (unpaired) electrons. The Balaban J connectivity index is 0.000000167. The lowest BCUT2D eigenvalue weighted by Crippen LogP contribution is -2.26. The smallest absolute Gasteiger partial charge is 0.337 e. The molecule has 2 aliphatic rings. The van der Waals surface area contributed by atoms with E-state index in [1.54, 1.807) is 6.07 Å². The number of rotatable bonds is 3. The summed E-state index contributed by atoms with van der Waals surface area (Å²) in [5.74, 6) is 0.517. The van der Waals surface area contributed by atoms with Gasteiger partial charge in [-0.3, -0.25) is 0 Å². The highest BCUT2D eigenvalue weighted by Crippen LogP contribution is 2.24. The Morgan fingerprint density at radius 3 is 2.43 bits per heavy atom. The molecule has 148 valence electrons. The highest BCUT2D eigenvalue weighted by atomic mass is 16.5. The molecule has 28 heavy (non-hydrogen) atoms. The van der Waals surface area contributed by atoms with Crippen molar-refractivity contribution in [1.82, 2.24) is 10.6 Å². The van der Waals surface area contributed by atoms with Crippen LogP contribution in [0.15, 0.2) is 60.7 Å². The Bertz CT molecular complexity index is 780. The van der Waals surface area contributed by atoms with Crippen LogP contribution in [0.2, 0.25) is 0 Å². The highest BCUT2D eigenvalue weighted by molar-refractivity contribution is 5.90. The summed E-state index contributed by atoms with van der Waals surface area (Å²) in [5.41, 5.74) is 4.53. The Labute approximate surface area is 168 Å². The van der Waals surface area contributed by atoms with Gasteiger partial charge in [-0.05, 0) is 73.6 Å². The molecule has 0 aliphatic carbocycles. The van der Waals surface area contributed by atoms with Gasteiger partial charge in [-0.25, -0.2) is 4.79 Å². The van der Waals surface area contributed by atoms with Crippen LogP contribution in [0.1, 0.15) is 46.7 Å². The Kier molecular flexibility index (Phi) is 7.82. The number of esters is 1. The zero-order chi connectivity index (χ0) is 19.6. The van der Waals surface area contributed by atoms with E-state index < -0.39 is 0 Å². The van der Waals surface area contributed by atoms with E-state index in [2.05, 4.69) is 47.0 Å². The summed E-state index contributed by atoms with van der Waals surface area (Å²) in [7, 11) is 1.40. The van der Waals surface area contributed by atoms with Gasteiger partial charge in [-0.1, -0.05) is 48.5 Å². The monoisotopic (exact) mass is 378 g/mol. The first kappa shape index (κ1) is 20.3. The van der Waals surface area contributed by atoms with Crippen molar-refractivity contribution in [2.75, 3.05) is 33.3 Å². The average molecular weight is 379 g/mol. The number of ether oxygens (including phenoxy) is 1. The number of carbonyl (C=O) groups is 1. The molecule has 0 atom stereocenters. The molecule has 2 heterocycles. The Morgan fingerprint density at radius 2 is 1.75 bits per heavy atom. The van der Waals surface area contributed by atoms with E-state index in [1.165, 1.54) is 44.2 Å². The number of piperidine rings is 1. The van der Waals surface area contributed by atoms with Crippen molar-refractivity contribution in [2.45, 2.75) is 25.2 Å². The number of hydrogen-bond acceptors (Lipinski definition) is 4. The van der Waals surface area contributed by atoms with Gasteiger partial charge in [0.25, 0.3) is 0 Å². The quantitative estimate of drug-likeness (QED) is 0.793. The van der Waals surface area contributed by atoms with E-state index in [1.807, 2.05) is 18.2 Å². The zero-order valence-corrected chi connectivity index (χ0v) is 16.6. The fraction of sp³-hybridized carbons (Fsp3) is 0.375. The molecular formula is C24H30N2O2. The topological polar surface area (TPSA) is 50.4 Å². The maximum Gasteiger partial charge on any atom is 0.337 e. The molecule has 1 fully saturated rings. The third-order valence-electron chi connectivity index (χ3n) is 5.33. The molecule has 1 saturated heterocycles. The fourth-order valence-electron chi connectivity index (χ4n) is 3.73. The maximum absolute atomic E-state index is 11.4. The van der Waals surface area contributed by atoms with E-state index in [-0.39, 0.29) is 5.97 Å². The normalized spacial score (nSPS) is 17.1. The average Bonchev–Trinajstić information content (AvgIpc) is 2.81. The van der Waals surface area contributed by atoms with Gasteiger partial charge in [0.2, 0.25) is 0 Å². The fourth-order valence-corrected chi connectivity index (χ4v) is 3.73.